The highest BCUT2D eigenvalue weighted by Gasteiger charge is 2.20. The molecule has 0 fully saturated rings. The third-order valence-corrected chi connectivity index (χ3v) is 3.81. The topological polar surface area (TPSA) is 29.9 Å². The highest BCUT2D eigenvalue weighted by atomic mass is 15.1. The van der Waals surface area contributed by atoms with Gasteiger partial charge in [0.1, 0.15) is 5.82 Å². The van der Waals surface area contributed by atoms with E-state index in [4.69, 9.17) is 0 Å². The van der Waals surface area contributed by atoms with Gasteiger partial charge >= 0.3 is 0 Å². The quantitative estimate of drug-likeness (QED) is 0.833. The zero-order chi connectivity index (χ0) is 15.2. The molecule has 1 N–H and O–H groups in total. The first-order valence-electron chi connectivity index (χ1n) is 7.98. The molecule has 2 rings (SSSR count). The van der Waals surface area contributed by atoms with E-state index in [9.17, 15) is 0 Å². The van der Waals surface area contributed by atoms with Crippen molar-refractivity contribution in [2.45, 2.75) is 53.1 Å². The van der Waals surface area contributed by atoms with Gasteiger partial charge in [0, 0.05) is 18.9 Å². The van der Waals surface area contributed by atoms with Gasteiger partial charge in [-0.15, -0.1) is 0 Å². The molecule has 3 heteroatoms. The van der Waals surface area contributed by atoms with Crippen molar-refractivity contribution in [1.29, 1.82) is 0 Å². The molecule has 0 amide bonds. The molecule has 1 aromatic heterocycles. The monoisotopic (exact) mass is 285 g/mol. The van der Waals surface area contributed by atoms with E-state index >= 15 is 0 Å². The Morgan fingerprint density at radius 3 is 2.67 bits per heavy atom. The first-order valence-corrected chi connectivity index (χ1v) is 7.98. The normalized spacial score (nSPS) is 12.6. The predicted octanol–water partition coefficient (Wildman–Crippen LogP) is 4.00. The van der Waals surface area contributed by atoms with Crippen LogP contribution in [-0.4, -0.2) is 16.1 Å². The van der Waals surface area contributed by atoms with Crippen LogP contribution < -0.4 is 5.32 Å². The summed E-state index contributed by atoms with van der Waals surface area (Å²) in [6, 6.07) is 6.86. The number of imidazole rings is 1. The Labute approximate surface area is 128 Å². The molecule has 0 saturated heterocycles. The Bertz CT molecular complexity index is 572. The minimum absolute atomic E-state index is 0.173. The number of benzene rings is 1. The van der Waals surface area contributed by atoms with E-state index in [-0.39, 0.29) is 6.04 Å². The van der Waals surface area contributed by atoms with E-state index in [0.29, 0.717) is 0 Å². The number of rotatable bonds is 7. The van der Waals surface area contributed by atoms with Gasteiger partial charge in [-0.25, -0.2) is 4.98 Å². The van der Waals surface area contributed by atoms with Crippen molar-refractivity contribution in [2.24, 2.45) is 0 Å². The summed E-state index contributed by atoms with van der Waals surface area (Å²) >= 11 is 0. The van der Waals surface area contributed by atoms with Gasteiger partial charge in [-0.3, -0.25) is 0 Å². The molecule has 0 aliphatic rings. The Kier molecular flexibility index (Phi) is 5.57. The smallest absolute Gasteiger partial charge is 0.130 e. The number of hydrogen-bond acceptors (Lipinski definition) is 2. The van der Waals surface area contributed by atoms with Crippen LogP contribution in [0, 0.1) is 13.8 Å². The van der Waals surface area contributed by atoms with Crippen LogP contribution in [-0.2, 0) is 6.54 Å². The van der Waals surface area contributed by atoms with Crippen LogP contribution in [0.1, 0.15) is 55.2 Å². The van der Waals surface area contributed by atoms with E-state index in [0.717, 1.165) is 31.8 Å². The number of nitrogens with one attached hydrogen (secondary N) is 1. The van der Waals surface area contributed by atoms with Crippen LogP contribution in [0.4, 0.5) is 0 Å². The van der Waals surface area contributed by atoms with Crippen molar-refractivity contribution in [3.05, 3.63) is 53.1 Å². The highest BCUT2D eigenvalue weighted by Crippen LogP contribution is 2.25. The zero-order valence-corrected chi connectivity index (χ0v) is 13.7. The van der Waals surface area contributed by atoms with E-state index in [1.165, 1.54) is 16.7 Å². The first kappa shape index (κ1) is 15.8. The standard InChI is InChI=1S/C18H27N3/c1-5-9-19-17(16-8-7-14(3)13-15(16)4)18-20-10-12-21(18)11-6-2/h7-8,10,12-13,17,19H,5-6,9,11H2,1-4H3. The van der Waals surface area contributed by atoms with E-state index < -0.39 is 0 Å². The van der Waals surface area contributed by atoms with Gasteiger partial charge in [-0.1, -0.05) is 37.6 Å². The molecule has 1 aromatic carbocycles. The Balaban J connectivity index is 2.39. The third kappa shape index (κ3) is 3.73. The molecule has 1 unspecified atom stereocenters. The lowest BCUT2D eigenvalue weighted by Gasteiger charge is -2.22. The predicted molar refractivity (Wildman–Crippen MR) is 88.6 cm³/mol. The molecule has 2 aromatic rings. The minimum Gasteiger partial charge on any atom is -0.333 e. The van der Waals surface area contributed by atoms with Crippen LogP contribution in [0.25, 0.3) is 0 Å². The van der Waals surface area contributed by atoms with Crippen molar-refractivity contribution in [2.75, 3.05) is 6.54 Å². The van der Waals surface area contributed by atoms with Gasteiger partial charge in [0.2, 0.25) is 0 Å². The summed E-state index contributed by atoms with van der Waals surface area (Å²) in [6.07, 6.45) is 6.24. The maximum atomic E-state index is 4.63. The Hall–Kier alpha value is -1.61. The number of nitrogens with zero attached hydrogens (tertiary/aromatic N) is 2. The van der Waals surface area contributed by atoms with Gasteiger partial charge in [-0.2, -0.15) is 0 Å². The minimum atomic E-state index is 0.173. The van der Waals surface area contributed by atoms with Crippen LogP contribution >= 0.6 is 0 Å². The van der Waals surface area contributed by atoms with Crippen molar-refractivity contribution in [3.63, 3.8) is 0 Å². The van der Waals surface area contributed by atoms with E-state index in [1.54, 1.807) is 0 Å². The number of aromatic nitrogens is 2. The van der Waals surface area contributed by atoms with Crippen molar-refractivity contribution in [3.8, 4) is 0 Å². The molecular formula is C18H27N3. The summed E-state index contributed by atoms with van der Waals surface area (Å²) in [4.78, 5) is 4.63. The number of hydrogen-bond donors (Lipinski definition) is 1. The maximum absolute atomic E-state index is 4.63. The largest absolute Gasteiger partial charge is 0.333 e. The van der Waals surface area contributed by atoms with Crippen LogP contribution in [0.5, 0.6) is 0 Å². The van der Waals surface area contributed by atoms with Gasteiger partial charge in [-0.05, 0) is 44.4 Å². The van der Waals surface area contributed by atoms with Crippen molar-refractivity contribution in [1.82, 2.24) is 14.9 Å². The van der Waals surface area contributed by atoms with Gasteiger partial charge in [0.05, 0.1) is 6.04 Å². The van der Waals surface area contributed by atoms with E-state index in [1.807, 2.05) is 6.20 Å². The van der Waals surface area contributed by atoms with Gasteiger partial charge < -0.3 is 9.88 Å². The average Bonchev–Trinajstić information content (AvgIpc) is 2.90. The molecule has 1 heterocycles. The lowest BCUT2D eigenvalue weighted by Crippen LogP contribution is -2.27. The molecule has 0 bridgehead atoms. The maximum Gasteiger partial charge on any atom is 0.130 e. The molecule has 0 radical (unpaired) electrons. The first-order chi connectivity index (χ1) is 10.2. The lowest BCUT2D eigenvalue weighted by molar-refractivity contribution is 0.528. The molecule has 0 aliphatic carbocycles. The summed E-state index contributed by atoms with van der Waals surface area (Å²) in [7, 11) is 0. The SMILES string of the molecule is CCCNC(c1ccc(C)cc1C)c1nccn1CCC. The molecule has 21 heavy (non-hydrogen) atoms. The van der Waals surface area contributed by atoms with Crippen molar-refractivity contribution < 1.29 is 0 Å². The molecule has 0 spiro atoms. The lowest BCUT2D eigenvalue weighted by atomic mass is 9.98. The summed E-state index contributed by atoms with van der Waals surface area (Å²) in [5.41, 5.74) is 3.97. The van der Waals surface area contributed by atoms with Crippen LogP contribution in [0.15, 0.2) is 30.6 Å². The molecule has 0 saturated carbocycles. The zero-order valence-electron chi connectivity index (χ0n) is 13.7. The summed E-state index contributed by atoms with van der Waals surface area (Å²) in [6.45, 7) is 10.8. The van der Waals surface area contributed by atoms with Gasteiger partial charge in [0.15, 0.2) is 0 Å². The summed E-state index contributed by atoms with van der Waals surface area (Å²) < 4.78 is 2.27. The van der Waals surface area contributed by atoms with Gasteiger partial charge in [0.25, 0.3) is 0 Å². The second-order valence-electron chi connectivity index (χ2n) is 5.73. The fourth-order valence-corrected chi connectivity index (χ4v) is 2.79. The Morgan fingerprint density at radius 1 is 1.19 bits per heavy atom. The third-order valence-electron chi connectivity index (χ3n) is 3.81. The van der Waals surface area contributed by atoms with Crippen LogP contribution in [0.2, 0.25) is 0 Å². The molecule has 114 valence electrons. The average molecular weight is 285 g/mol. The number of aryl methyl sites for hydroxylation is 3. The summed E-state index contributed by atoms with van der Waals surface area (Å²) in [5.74, 6) is 1.12. The molecule has 0 aliphatic heterocycles. The fraction of sp³-hybridized carbons (Fsp3) is 0.500. The second-order valence-corrected chi connectivity index (χ2v) is 5.73. The highest BCUT2D eigenvalue weighted by molar-refractivity contribution is 5.36. The Morgan fingerprint density at radius 2 is 2.00 bits per heavy atom. The fourth-order valence-electron chi connectivity index (χ4n) is 2.79. The van der Waals surface area contributed by atoms with E-state index in [2.05, 4.69) is 67.0 Å². The van der Waals surface area contributed by atoms with Crippen LogP contribution in [0.3, 0.4) is 0 Å². The van der Waals surface area contributed by atoms with Crippen molar-refractivity contribution >= 4 is 0 Å². The second kappa shape index (κ2) is 7.41. The molecule has 1 atom stereocenters. The molecule has 3 nitrogen and oxygen atoms in total. The summed E-state index contributed by atoms with van der Waals surface area (Å²) in [5, 5.41) is 3.66. The molecular weight excluding hydrogens is 258 g/mol.